The van der Waals surface area contributed by atoms with Crippen LogP contribution in [0.1, 0.15) is 57.9 Å². The smallest absolute Gasteiger partial charge is 0.0660 e. The van der Waals surface area contributed by atoms with Crippen molar-refractivity contribution in [3.05, 3.63) is 35.9 Å². The summed E-state index contributed by atoms with van der Waals surface area (Å²) < 4.78 is 0. The van der Waals surface area contributed by atoms with E-state index < -0.39 is 5.60 Å². The van der Waals surface area contributed by atoms with Crippen LogP contribution in [0, 0.1) is 0 Å². The van der Waals surface area contributed by atoms with Gasteiger partial charge in [-0.25, -0.2) is 0 Å². The average Bonchev–Trinajstić information content (AvgIpc) is 2.29. The lowest BCUT2D eigenvalue weighted by Crippen LogP contribution is -2.26. The van der Waals surface area contributed by atoms with Gasteiger partial charge in [-0.3, -0.25) is 0 Å². The fourth-order valence-corrected chi connectivity index (χ4v) is 2.23. The minimum absolute atomic E-state index is 0.548. The van der Waals surface area contributed by atoms with Gasteiger partial charge in [-0.2, -0.15) is 0 Å². The average molecular weight is 234 g/mol. The van der Waals surface area contributed by atoms with Crippen LogP contribution in [0.25, 0.3) is 0 Å². The first-order chi connectivity index (χ1) is 8.14. The zero-order valence-corrected chi connectivity index (χ0v) is 11.3. The summed E-state index contributed by atoms with van der Waals surface area (Å²) in [5, 5.41) is 10.3. The summed E-state index contributed by atoms with van der Waals surface area (Å²) in [7, 11) is 0. The summed E-state index contributed by atoms with van der Waals surface area (Å²) in [5.74, 6) is 0. The van der Waals surface area contributed by atoms with Crippen molar-refractivity contribution < 1.29 is 5.11 Å². The molecule has 0 saturated heterocycles. The number of hydrogen-bond donors (Lipinski definition) is 1. The van der Waals surface area contributed by atoms with Gasteiger partial charge in [0.1, 0.15) is 0 Å². The molecule has 0 amide bonds. The van der Waals surface area contributed by atoms with E-state index in [0.29, 0.717) is 0 Å². The Kier molecular flexibility index (Phi) is 6.28. The van der Waals surface area contributed by atoms with Crippen LogP contribution in [0.4, 0.5) is 0 Å². The van der Waals surface area contributed by atoms with Crippen molar-refractivity contribution >= 4 is 0 Å². The molecule has 0 aliphatic rings. The molecule has 0 aliphatic carbocycles. The third-order valence-electron chi connectivity index (χ3n) is 3.25. The van der Waals surface area contributed by atoms with Gasteiger partial charge in [-0.05, 0) is 18.9 Å². The van der Waals surface area contributed by atoms with Gasteiger partial charge in [0.2, 0.25) is 0 Å². The molecule has 1 N–H and O–H groups in total. The summed E-state index contributed by atoms with van der Waals surface area (Å²) in [6, 6.07) is 10.3. The highest BCUT2D eigenvalue weighted by Crippen LogP contribution is 2.20. The molecule has 1 atom stereocenters. The number of benzene rings is 1. The summed E-state index contributed by atoms with van der Waals surface area (Å²) in [6.45, 7) is 4.19. The number of rotatable bonds is 8. The van der Waals surface area contributed by atoms with Crippen molar-refractivity contribution in [1.29, 1.82) is 0 Å². The van der Waals surface area contributed by atoms with Gasteiger partial charge < -0.3 is 5.11 Å². The normalized spacial score (nSPS) is 14.5. The molecule has 0 aliphatic heterocycles. The molecule has 1 heteroatoms. The topological polar surface area (TPSA) is 20.2 Å². The molecule has 0 aromatic heterocycles. The van der Waals surface area contributed by atoms with Crippen LogP contribution in [-0.2, 0) is 6.42 Å². The fraction of sp³-hybridized carbons (Fsp3) is 0.625. The van der Waals surface area contributed by atoms with Gasteiger partial charge >= 0.3 is 0 Å². The fourth-order valence-electron chi connectivity index (χ4n) is 2.23. The molecule has 1 aromatic carbocycles. The third-order valence-corrected chi connectivity index (χ3v) is 3.25. The van der Waals surface area contributed by atoms with Crippen LogP contribution in [0.5, 0.6) is 0 Å². The molecule has 1 unspecified atom stereocenters. The van der Waals surface area contributed by atoms with Crippen molar-refractivity contribution in [3.63, 3.8) is 0 Å². The van der Waals surface area contributed by atoms with Crippen LogP contribution in [0.3, 0.4) is 0 Å². The van der Waals surface area contributed by atoms with Gasteiger partial charge in [0, 0.05) is 6.42 Å². The maximum atomic E-state index is 10.3. The van der Waals surface area contributed by atoms with E-state index in [0.717, 1.165) is 19.3 Å². The first-order valence-corrected chi connectivity index (χ1v) is 6.90. The highest BCUT2D eigenvalue weighted by Gasteiger charge is 2.19. The van der Waals surface area contributed by atoms with Crippen molar-refractivity contribution in [2.45, 2.75) is 64.4 Å². The van der Waals surface area contributed by atoms with E-state index in [1.54, 1.807) is 0 Å². The Morgan fingerprint density at radius 1 is 1.00 bits per heavy atom. The van der Waals surface area contributed by atoms with Gasteiger partial charge in [0.25, 0.3) is 0 Å². The monoisotopic (exact) mass is 234 g/mol. The first kappa shape index (κ1) is 14.2. The first-order valence-electron chi connectivity index (χ1n) is 6.90. The minimum Gasteiger partial charge on any atom is -0.390 e. The molecule has 0 spiro atoms. The van der Waals surface area contributed by atoms with Crippen LogP contribution < -0.4 is 0 Å². The molecule has 0 fully saturated rings. The highest BCUT2D eigenvalue weighted by molar-refractivity contribution is 5.16. The van der Waals surface area contributed by atoms with E-state index in [9.17, 15) is 5.11 Å². The number of hydrogen-bond acceptors (Lipinski definition) is 1. The molecule has 1 rings (SSSR count). The maximum Gasteiger partial charge on any atom is 0.0660 e. The van der Waals surface area contributed by atoms with Gasteiger partial charge in [0.15, 0.2) is 0 Å². The van der Waals surface area contributed by atoms with Crippen LogP contribution in [0.2, 0.25) is 0 Å². The largest absolute Gasteiger partial charge is 0.390 e. The zero-order valence-electron chi connectivity index (χ0n) is 11.3. The SMILES string of the molecule is CCCCCCCC(C)(O)Cc1ccccc1. The third kappa shape index (κ3) is 6.48. The second-order valence-electron chi connectivity index (χ2n) is 5.32. The Morgan fingerprint density at radius 3 is 2.29 bits per heavy atom. The zero-order chi connectivity index (χ0) is 12.6. The molecule has 96 valence electrons. The van der Waals surface area contributed by atoms with E-state index >= 15 is 0 Å². The van der Waals surface area contributed by atoms with Gasteiger partial charge in [0.05, 0.1) is 5.60 Å². The second kappa shape index (κ2) is 7.50. The summed E-state index contributed by atoms with van der Waals surface area (Å²) in [6.07, 6.45) is 7.96. The summed E-state index contributed by atoms with van der Waals surface area (Å²) in [5.41, 5.74) is 0.680. The van der Waals surface area contributed by atoms with E-state index in [-0.39, 0.29) is 0 Å². The van der Waals surface area contributed by atoms with E-state index in [2.05, 4.69) is 19.1 Å². The maximum absolute atomic E-state index is 10.3. The molecule has 1 nitrogen and oxygen atoms in total. The van der Waals surface area contributed by atoms with Gasteiger partial charge in [-0.1, -0.05) is 69.4 Å². The van der Waals surface area contributed by atoms with Gasteiger partial charge in [-0.15, -0.1) is 0 Å². The van der Waals surface area contributed by atoms with Crippen molar-refractivity contribution in [2.75, 3.05) is 0 Å². The lowest BCUT2D eigenvalue weighted by atomic mass is 9.91. The Morgan fingerprint density at radius 2 is 1.65 bits per heavy atom. The molecule has 0 radical (unpaired) electrons. The predicted molar refractivity (Wildman–Crippen MR) is 74.1 cm³/mol. The summed E-state index contributed by atoms with van der Waals surface area (Å²) in [4.78, 5) is 0. The van der Waals surface area contributed by atoms with Crippen molar-refractivity contribution in [2.24, 2.45) is 0 Å². The molecular formula is C16H26O. The Bertz CT molecular complexity index is 290. The molecule has 0 bridgehead atoms. The second-order valence-corrected chi connectivity index (χ2v) is 5.32. The lowest BCUT2D eigenvalue weighted by Gasteiger charge is -2.23. The molecule has 0 saturated carbocycles. The molecular weight excluding hydrogens is 208 g/mol. The molecule has 0 heterocycles. The summed E-state index contributed by atoms with van der Waals surface area (Å²) >= 11 is 0. The van der Waals surface area contributed by atoms with Crippen molar-refractivity contribution in [3.8, 4) is 0 Å². The quantitative estimate of drug-likeness (QED) is 0.663. The standard InChI is InChI=1S/C16H26O/c1-3-4-5-6-10-13-16(2,17)14-15-11-8-7-9-12-15/h7-9,11-12,17H,3-6,10,13-14H2,1-2H3. The number of unbranched alkanes of at least 4 members (excludes halogenated alkanes) is 4. The molecule has 1 aromatic rings. The molecule has 17 heavy (non-hydrogen) atoms. The minimum atomic E-state index is -0.548. The van der Waals surface area contributed by atoms with E-state index in [1.165, 1.54) is 31.2 Å². The van der Waals surface area contributed by atoms with Crippen molar-refractivity contribution in [1.82, 2.24) is 0 Å². The van der Waals surface area contributed by atoms with E-state index in [1.807, 2.05) is 25.1 Å². The lowest BCUT2D eigenvalue weighted by molar-refractivity contribution is 0.0485. The Hall–Kier alpha value is -0.820. The highest BCUT2D eigenvalue weighted by atomic mass is 16.3. The van der Waals surface area contributed by atoms with Crippen LogP contribution >= 0.6 is 0 Å². The van der Waals surface area contributed by atoms with Crippen LogP contribution in [-0.4, -0.2) is 10.7 Å². The Balaban J connectivity index is 2.26. The van der Waals surface area contributed by atoms with E-state index in [4.69, 9.17) is 0 Å². The van der Waals surface area contributed by atoms with Crippen LogP contribution in [0.15, 0.2) is 30.3 Å². The Labute approximate surface area is 106 Å². The predicted octanol–water partition coefficient (Wildman–Crippen LogP) is 4.34. The number of aliphatic hydroxyl groups is 1.